The average Bonchev–Trinajstić information content (AvgIpc) is 3.81. The molecule has 15 nitrogen and oxygen atoms in total. The summed E-state index contributed by atoms with van der Waals surface area (Å²) in [5, 5.41) is 13.3. The quantitative estimate of drug-likeness (QED) is 0.0202. The van der Waals surface area contributed by atoms with Crippen LogP contribution in [-0.4, -0.2) is 90.9 Å². The number of carbonyl (C=O) groups is 7. The number of carbonyl (C=O) groups excluding carboxylic acids is 6. The van der Waals surface area contributed by atoms with Crippen molar-refractivity contribution in [2.75, 3.05) is 0 Å². The van der Waals surface area contributed by atoms with E-state index < -0.39 is 89.4 Å². The molecule has 0 radical (unpaired) electrons. The van der Waals surface area contributed by atoms with E-state index in [1.165, 1.54) is 43.4 Å². The number of nitrogens with one attached hydrogen (secondary N) is 2. The minimum Gasteiger partial charge on any atom is -0.481 e. The van der Waals surface area contributed by atoms with E-state index in [0.717, 1.165) is 30.6 Å². The fraction of sp³-hybridized carbons (Fsp3) is 0.468. The number of nitrogens with zero attached hydrogens (tertiary/aromatic N) is 2. The number of H-pyrrole nitrogens is 1. The van der Waals surface area contributed by atoms with Crippen LogP contribution >= 0.6 is 0 Å². The molecule has 0 fully saturated rings. The Hall–Kier alpha value is -7.29. The van der Waals surface area contributed by atoms with E-state index in [-0.39, 0.29) is 12.8 Å². The van der Waals surface area contributed by atoms with Crippen LogP contribution in [0.15, 0.2) is 121 Å². The minimum absolute atomic E-state index is 0.131. The third-order valence-electron chi connectivity index (χ3n) is 13.4. The van der Waals surface area contributed by atoms with Gasteiger partial charge in [0, 0.05) is 29.9 Å². The fourth-order valence-electron chi connectivity index (χ4n) is 9.92. The van der Waals surface area contributed by atoms with Crippen molar-refractivity contribution in [1.82, 2.24) is 20.1 Å². The molecular weight excluding hydrogens is 975 g/mol. The van der Waals surface area contributed by atoms with E-state index in [0.29, 0.717) is 46.0 Å². The van der Waals surface area contributed by atoms with Crippen molar-refractivity contribution in [2.45, 2.75) is 186 Å². The predicted molar refractivity (Wildman–Crippen MR) is 298 cm³/mol. The van der Waals surface area contributed by atoms with Gasteiger partial charge in [-0.05, 0) is 76.3 Å². The van der Waals surface area contributed by atoms with Crippen LogP contribution in [0.3, 0.4) is 0 Å². The second kappa shape index (κ2) is 28.7. The van der Waals surface area contributed by atoms with E-state index in [9.17, 15) is 19.5 Å². The third kappa shape index (κ3) is 17.4. The normalized spacial score (nSPS) is 13.0. The number of nitrogens with two attached hydrogens (primary N) is 1. The minimum atomic E-state index is -1.98. The van der Waals surface area contributed by atoms with Crippen molar-refractivity contribution >= 4 is 52.6 Å². The lowest BCUT2D eigenvalue weighted by Gasteiger charge is -2.50. The first kappa shape index (κ1) is 60.6. The molecule has 0 saturated heterocycles. The van der Waals surface area contributed by atoms with Crippen molar-refractivity contribution in [3.05, 3.63) is 144 Å². The molecule has 0 aliphatic heterocycles. The summed E-state index contributed by atoms with van der Waals surface area (Å²) in [5.41, 5.74) is 4.42. The predicted octanol–water partition coefficient (Wildman–Crippen LogP) is 11.3. The summed E-state index contributed by atoms with van der Waals surface area (Å²) in [7, 11) is 0. The lowest BCUT2D eigenvalue weighted by Crippen LogP contribution is -2.66. The molecule has 5 rings (SSSR count). The van der Waals surface area contributed by atoms with Gasteiger partial charge in [-0.3, -0.25) is 24.0 Å². The van der Waals surface area contributed by atoms with Crippen LogP contribution in [0.25, 0.3) is 10.9 Å². The van der Waals surface area contributed by atoms with Crippen LogP contribution in [0.1, 0.15) is 167 Å². The summed E-state index contributed by atoms with van der Waals surface area (Å²) in [6, 6.07) is 28.2. The van der Waals surface area contributed by atoms with Gasteiger partial charge in [0.05, 0.1) is 12.8 Å². The molecule has 0 aliphatic carbocycles. The lowest BCUT2D eigenvalue weighted by molar-refractivity contribution is -0.162. The summed E-state index contributed by atoms with van der Waals surface area (Å²) in [6.45, 7) is 11.9. The Bertz CT molecular complexity index is 2620. The monoisotopic (exact) mass is 1060 g/mol. The zero-order valence-corrected chi connectivity index (χ0v) is 46.2. The van der Waals surface area contributed by atoms with Crippen LogP contribution in [0.5, 0.6) is 0 Å². The Morgan fingerprint density at radius 2 is 1.08 bits per heavy atom. The molecule has 0 unspecified atom stereocenters. The Kier molecular flexibility index (Phi) is 22.6. The molecule has 3 atom stereocenters. The van der Waals surface area contributed by atoms with Crippen molar-refractivity contribution in [1.29, 1.82) is 0 Å². The summed E-state index contributed by atoms with van der Waals surface area (Å²) in [6.07, 6.45) is 10.9. The highest BCUT2D eigenvalue weighted by Crippen LogP contribution is 2.45. The van der Waals surface area contributed by atoms with Crippen LogP contribution in [-0.2, 0) is 50.2 Å². The van der Waals surface area contributed by atoms with E-state index in [4.69, 9.17) is 15.2 Å². The molecule has 77 heavy (non-hydrogen) atoms. The van der Waals surface area contributed by atoms with Crippen molar-refractivity contribution in [3.8, 4) is 0 Å². The first-order valence-electron chi connectivity index (χ1n) is 27.3. The van der Waals surface area contributed by atoms with Gasteiger partial charge in [0.15, 0.2) is 0 Å². The van der Waals surface area contributed by atoms with Gasteiger partial charge in [0.25, 0.3) is 0 Å². The summed E-state index contributed by atoms with van der Waals surface area (Å²) >= 11 is 0. The molecule has 0 bridgehead atoms. The van der Waals surface area contributed by atoms with E-state index in [1.54, 1.807) is 139 Å². The van der Waals surface area contributed by atoms with Crippen molar-refractivity contribution < 1.29 is 48.1 Å². The van der Waals surface area contributed by atoms with Gasteiger partial charge in [0.2, 0.25) is 23.6 Å². The van der Waals surface area contributed by atoms with Gasteiger partial charge >= 0.3 is 18.0 Å². The van der Waals surface area contributed by atoms with E-state index in [2.05, 4.69) is 17.2 Å². The zero-order valence-electron chi connectivity index (χ0n) is 46.2. The summed E-state index contributed by atoms with van der Waals surface area (Å²) in [4.78, 5) is 108. The molecule has 5 amide bonds. The highest BCUT2D eigenvalue weighted by molar-refractivity contribution is 6.02. The van der Waals surface area contributed by atoms with E-state index >= 15 is 19.2 Å². The Morgan fingerprint density at radius 1 is 0.610 bits per heavy atom. The van der Waals surface area contributed by atoms with E-state index in [1.807, 2.05) is 24.3 Å². The number of unbranched alkanes of at least 4 members (excludes halogenated alkanes) is 11. The highest BCUT2D eigenvalue weighted by atomic mass is 16.6. The first-order chi connectivity index (χ1) is 36.7. The van der Waals surface area contributed by atoms with Crippen LogP contribution < -0.4 is 11.1 Å². The summed E-state index contributed by atoms with van der Waals surface area (Å²) in [5.74, 6) is -6.39. The number of hydrogen-bond acceptors (Lipinski definition) is 9. The Balaban J connectivity index is 1.78. The maximum Gasteiger partial charge on any atom is 0.417 e. The van der Waals surface area contributed by atoms with Gasteiger partial charge < -0.3 is 35.5 Å². The molecule has 414 valence electrons. The largest absolute Gasteiger partial charge is 0.481 e. The van der Waals surface area contributed by atoms with Crippen LogP contribution in [0.4, 0.5) is 4.79 Å². The Labute approximate surface area is 454 Å². The molecule has 0 spiro atoms. The number of benzene rings is 4. The first-order valence-corrected chi connectivity index (χ1v) is 27.3. The number of hydrogen-bond donors (Lipinski definition) is 4. The van der Waals surface area contributed by atoms with Gasteiger partial charge in [-0.2, -0.15) is 0 Å². The molecule has 0 saturated carbocycles. The number of primary amides is 1. The fourth-order valence-corrected chi connectivity index (χ4v) is 9.92. The third-order valence-corrected chi connectivity index (χ3v) is 13.4. The van der Waals surface area contributed by atoms with Gasteiger partial charge in [0.1, 0.15) is 34.9 Å². The number of amides is 5. The number of imide groups is 1. The number of esters is 1. The molecular formula is C62H81N5O10. The average molecular weight is 1060 g/mol. The second-order valence-corrected chi connectivity index (χ2v) is 21.9. The number of ether oxygens (including phenoxy) is 2. The second-order valence-electron chi connectivity index (χ2n) is 21.9. The van der Waals surface area contributed by atoms with Crippen molar-refractivity contribution in [3.63, 3.8) is 0 Å². The topological polar surface area (TPSA) is 218 Å². The number of fused-ring (bicyclic) bond motifs is 1. The smallest absolute Gasteiger partial charge is 0.417 e. The molecule has 5 aromatic rings. The van der Waals surface area contributed by atoms with Gasteiger partial charge in [-0.25, -0.2) is 14.5 Å². The molecule has 5 N–H and O–H groups in total. The number of carboxylic acids is 1. The molecule has 1 aromatic heterocycles. The molecule has 15 heteroatoms. The number of rotatable bonds is 29. The standard InChI is InChI=1S/C62H81N5O10/c1-8-9-10-11-12-13-14-15-16-17-18-28-39-54(69)66(59(75)77-61(5,6)7)52(40-44-43-64-49-38-30-29-37-48(44)49)57(73)67(51(42-53(63)68)56(72)65-50(41-55(70)71)58(74)76-60(2,3)4)62(45-31-22-19-23-32-45,46-33-24-20-25-34-46)47-35-26-21-27-36-47/h19-27,29-38,43,50-52,64H,8-18,28,39-42H2,1-7H3,(H2,63,68)(H,65,72)(H,70,71)/t50-,51-,52-/m0/s1. The summed E-state index contributed by atoms with van der Waals surface area (Å²) < 4.78 is 11.6. The van der Waals surface area contributed by atoms with Gasteiger partial charge in [-0.1, -0.05) is 187 Å². The van der Waals surface area contributed by atoms with Crippen molar-refractivity contribution in [2.24, 2.45) is 5.73 Å². The SMILES string of the molecule is CCCCCCCCCCCCCCC(=O)N(C(=O)OC(C)(C)C)[C@@H](Cc1c[nH]c2ccccc12)C(=O)N([C@@H](CC(N)=O)C(=O)N[C@@H](CC(=O)O)C(=O)OC(C)(C)C)C(c1ccccc1)(c1ccccc1)c1ccccc1. The molecule has 4 aromatic carbocycles. The maximum absolute atomic E-state index is 17.2. The number of aromatic amines is 1. The highest BCUT2D eigenvalue weighted by Gasteiger charge is 2.54. The zero-order chi connectivity index (χ0) is 56.2. The number of carboxylic acid groups (broad SMARTS) is 1. The number of para-hydroxylation sites is 1. The van der Waals surface area contributed by atoms with Gasteiger partial charge in [-0.15, -0.1) is 0 Å². The van der Waals surface area contributed by atoms with Crippen LogP contribution in [0.2, 0.25) is 0 Å². The number of aromatic nitrogens is 1. The maximum atomic E-state index is 17.2. The molecule has 0 aliphatic rings. The Morgan fingerprint density at radius 3 is 1.55 bits per heavy atom. The molecule has 1 heterocycles. The lowest BCUT2D eigenvalue weighted by atomic mass is 9.74. The van der Waals surface area contributed by atoms with Crippen LogP contribution in [0, 0.1) is 0 Å². The number of aliphatic carboxylic acids is 1.